The van der Waals surface area contributed by atoms with Gasteiger partial charge in [0.1, 0.15) is 5.75 Å². The third-order valence-electron chi connectivity index (χ3n) is 3.72. The second kappa shape index (κ2) is 5.00. The number of aryl methyl sites for hydroxylation is 1. The van der Waals surface area contributed by atoms with Crippen molar-refractivity contribution < 1.29 is 9.84 Å². The molecule has 0 saturated carbocycles. The molecule has 2 heterocycles. The third kappa shape index (κ3) is 2.33. The van der Waals surface area contributed by atoms with Crippen molar-refractivity contribution in [1.29, 1.82) is 0 Å². The first kappa shape index (κ1) is 12.2. The van der Waals surface area contributed by atoms with Crippen LogP contribution in [0.25, 0.3) is 5.57 Å². The number of ether oxygens (including phenoxy) is 1. The Morgan fingerprint density at radius 2 is 2.21 bits per heavy atom. The molecule has 0 fully saturated rings. The van der Waals surface area contributed by atoms with Crippen molar-refractivity contribution in [2.75, 3.05) is 13.2 Å². The van der Waals surface area contributed by atoms with Gasteiger partial charge in [0.15, 0.2) is 5.88 Å². The molecule has 0 unspecified atom stereocenters. The molecule has 3 rings (SSSR count). The van der Waals surface area contributed by atoms with E-state index >= 15 is 0 Å². The van der Waals surface area contributed by atoms with Gasteiger partial charge in [-0.3, -0.25) is 0 Å². The predicted molar refractivity (Wildman–Crippen MR) is 75.7 cm³/mol. The van der Waals surface area contributed by atoms with E-state index in [0.29, 0.717) is 12.4 Å². The first-order valence-corrected chi connectivity index (χ1v) is 6.86. The lowest BCUT2D eigenvalue weighted by molar-refractivity contribution is 0.190. The zero-order valence-electron chi connectivity index (χ0n) is 11.2. The minimum absolute atomic E-state index is 0.356. The lowest BCUT2D eigenvalue weighted by Gasteiger charge is -2.22. The molecule has 0 aliphatic carbocycles. The maximum absolute atomic E-state index is 9.91. The second-order valence-corrected chi connectivity index (χ2v) is 5.09. The Kier molecular flexibility index (Phi) is 3.20. The van der Waals surface area contributed by atoms with Crippen LogP contribution in [0.1, 0.15) is 30.4 Å². The Balaban J connectivity index is 2.05. The molecular weight excluding hydrogens is 238 g/mol. The van der Waals surface area contributed by atoms with Gasteiger partial charge in [-0.15, -0.1) is 0 Å². The number of phenolic OH excluding ortho intramolecular Hbond substituents is 1. The first-order valence-electron chi connectivity index (χ1n) is 6.86. The van der Waals surface area contributed by atoms with Gasteiger partial charge in [-0.25, -0.2) is 0 Å². The lowest BCUT2D eigenvalue weighted by Crippen LogP contribution is -2.23. The third-order valence-corrected chi connectivity index (χ3v) is 3.72. The summed E-state index contributed by atoms with van der Waals surface area (Å²) in [5.41, 5.74) is 4.43. The van der Waals surface area contributed by atoms with Crippen LogP contribution in [0.15, 0.2) is 35.7 Å². The van der Waals surface area contributed by atoms with Crippen molar-refractivity contribution in [1.82, 2.24) is 5.32 Å². The van der Waals surface area contributed by atoms with E-state index in [9.17, 15) is 5.11 Å². The molecule has 0 bridgehead atoms. The molecule has 2 N–H and O–H groups in total. The number of aromatic hydroxyl groups is 1. The average Bonchev–Trinajstić information content (AvgIpc) is 2.64. The highest BCUT2D eigenvalue weighted by Crippen LogP contribution is 2.34. The smallest absolute Gasteiger partial charge is 0.190 e. The average molecular weight is 257 g/mol. The predicted octanol–water partition coefficient (Wildman–Crippen LogP) is 3.10. The molecule has 0 aromatic heterocycles. The summed E-state index contributed by atoms with van der Waals surface area (Å²) in [4.78, 5) is 0. The van der Waals surface area contributed by atoms with Gasteiger partial charge in [0.25, 0.3) is 0 Å². The Morgan fingerprint density at radius 1 is 1.32 bits per heavy atom. The van der Waals surface area contributed by atoms with Gasteiger partial charge in [0.05, 0.1) is 6.61 Å². The van der Waals surface area contributed by atoms with Gasteiger partial charge < -0.3 is 15.2 Å². The molecule has 2 aliphatic heterocycles. The maximum Gasteiger partial charge on any atom is 0.190 e. The molecule has 0 saturated heterocycles. The summed E-state index contributed by atoms with van der Waals surface area (Å²) in [7, 11) is 0. The molecule has 19 heavy (non-hydrogen) atoms. The van der Waals surface area contributed by atoms with Crippen molar-refractivity contribution >= 4 is 5.57 Å². The standard InChI is InChI=1S/C16H19NO2/c1-11-6-7-12(10-15(11)18)13-5-3-9-19-16-14(13)4-2-8-17-16/h5-7,10,17-18H,2-4,8-9H2,1H3. The van der Waals surface area contributed by atoms with Crippen LogP contribution >= 0.6 is 0 Å². The van der Waals surface area contributed by atoms with Crippen molar-refractivity contribution in [2.24, 2.45) is 0 Å². The molecule has 2 aliphatic rings. The SMILES string of the molecule is Cc1ccc(C2=CCCOC3=C2CCCN3)cc1O. The summed E-state index contributed by atoms with van der Waals surface area (Å²) in [5, 5.41) is 13.2. The van der Waals surface area contributed by atoms with Crippen molar-refractivity contribution in [3.8, 4) is 5.75 Å². The number of phenols is 1. The van der Waals surface area contributed by atoms with Crippen LogP contribution in [0.2, 0.25) is 0 Å². The van der Waals surface area contributed by atoms with E-state index in [1.165, 1.54) is 11.1 Å². The first-order chi connectivity index (χ1) is 9.25. The fourth-order valence-corrected chi connectivity index (χ4v) is 2.64. The van der Waals surface area contributed by atoms with Gasteiger partial charge in [0.2, 0.25) is 0 Å². The highest BCUT2D eigenvalue weighted by atomic mass is 16.5. The quantitative estimate of drug-likeness (QED) is 0.812. The maximum atomic E-state index is 9.91. The highest BCUT2D eigenvalue weighted by Gasteiger charge is 2.20. The van der Waals surface area contributed by atoms with Crippen molar-refractivity contribution in [3.63, 3.8) is 0 Å². The minimum Gasteiger partial charge on any atom is -0.508 e. The summed E-state index contributed by atoms with van der Waals surface area (Å²) < 4.78 is 5.77. The van der Waals surface area contributed by atoms with Crippen molar-refractivity contribution in [3.05, 3.63) is 46.9 Å². The molecular formula is C16H19NO2. The molecule has 1 aromatic carbocycles. The van der Waals surface area contributed by atoms with Crippen LogP contribution in [0, 0.1) is 6.92 Å². The zero-order chi connectivity index (χ0) is 13.2. The van der Waals surface area contributed by atoms with E-state index in [2.05, 4.69) is 17.5 Å². The minimum atomic E-state index is 0.356. The van der Waals surface area contributed by atoms with Gasteiger partial charge in [0, 0.05) is 18.5 Å². The topological polar surface area (TPSA) is 41.5 Å². The van der Waals surface area contributed by atoms with Crippen LogP contribution < -0.4 is 5.32 Å². The highest BCUT2D eigenvalue weighted by molar-refractivity contribution is 5.80. The number of hydrogen-bond acceptors (Lipinski definition) is 3. The summed E-state index contributed by atoms with van der Waals surface area (Å²) >= 11 is 0. The van der Waals surface area contributed by atoms with Gasteiger partial charge in [-0.2, -0.15) is 0 Å². The monoisotopic (exact) mass is 257 g/mol. The van der Waals surface area contributed by atoms with Crippen molar-refractivity contribution in [2.45, 2.75) is 26.2 Å². The fourth-order valence-electron chi connectivity index (χ4n) is 2.64. The van der Waals surface area contributed by atoms with Crippen LogP contribution in [0.5, 0.6) is 5.75 Å². The van der Waals surface area contributed by atoms with E-state index in [0.717, 1.165) is 42.8 Å². The Hall–Kier alpha value is -1.90. The Labute approximate surface area is 113 Å². The van der Waals surface area contributed by atoms with Crippen LogP contribution in [-0.2, 0) is 4.74 Å². The van der Waals surface area contributed by atoms with E-state index in [-0.39, 0.29) is 0 Å². The van der Waals surface area contributed by atoms with E-state index in [1.54, 1.807) is 0 Å². The second-order valence-electron chi connectivity index (χ2n) is 5.09. The summed E-state index contributed by atoms with van der Waals surface area (Å²) in [5.74, 6) is 1.28. The molecule has 3 nitrogen and oxygen atoms in total. The van der Waals surface area contributed by atoms with E-state index < -0.39 is 0 Å². The number of allylic oxidation sites excluding steroid dienone is 2. The molecule has 100 valence electrons. The van der Waals surface area contributed by atoms with E-state index in [4.69, 9.17) is 4.74 Å². The van der Waals surface area contributed by atoms with E-state index in [1.807, 2.05) is 19.1 Å². The molecule has 0 radical (unpaired) electrons. The summed E-state index contributed by atoms with van der Waals surface area (Å²) in [6, 6.07) is 5.89. The largest absolute Gasteiger partial charge is 0.508 e. The lowest BCUT2D eigenvalue weighted by atomic mass is 9.92. The number of nitrogens with one attached hydrogen (secondary N) is 1. The molecule has 0 atom stereocenters. The number of hydrogen-bond donors (Lipinski definition) is 2. The zero-order valence-corrected chi connectivity index (χ0v) is 11.2. The molecule has 0 spiro atoms. The summed E-state index contributed by atoms with van der Waals surface area (Å²) in [6.45, 7) is 3.61. The number of rotatable bonds is 1. The summed E-state index contributed by atoms with van der Waals surface area (Å²) in [6.07, 6.45) is 5.28. The van der Waals surface area contributed by atoms with Gasteiger partial charge in [-0.1, -0.05) is 18.2 Å². The normalized spacial score (nSPS) is 18.9. The van der Waals surface area contributed by atoms with Gasteiger partial charge in [-0.05, 0) is 42.5 Å². The number of benzene rings is 1. The Morgan fingerprint density at radius 3 is 3.05 bits per heavy atom. The fraction of sp³-hybridized carbons (Fsp3) is 0.375. The van der Waals surface area contributed by atoms with Gasteiger partial charge >= 0.3 is 0 Å². The van der Waals surface area contributed by atoms with Crippen LogP contribution in [-0.4, -0.2) is 18.3 Å². The molecule has 1 aromatic rings. The van der Waals surface area contributed by atoms with Crippen LogP contribution in [0.4, 0.5) is 0 Å². The molecule has 0 amide bonds. The Bertz CT molecular complexity index is 558. The molecule has 3 heteroatoms. The van der Waals surface area contributed by atoms with Crippen LogP contribution in [0.3, 0.4) is 0 Å².